The summed E-state index contributed by atoms with van der Waals surface area (Å²) in [6.45, 7) is 3.30. The third-order valence-corrected chi connectivity index (χ3v) is 4.94. The number of rotatable bonds is 7. The van der Waals surface area contributed by atoms with E-state index in [1.54, 1.807) is 30.1 Å². The molecule has 1 aliphatic rings. The molecule has 2 aromatic carbocycles. The second kappa shape index (κ2) is 10.6. The first-order chi connectivity index (χ1) is 14.4. The molecule has 1 fully saturated rings. The number of hydrogen-bond acceptors (Lipinski definition) is 5. The number of benzene rings is 2. The number of amides is 2. The molecule has 0 bridgehead atoms. The molecule has 1 heterocycles. The molecule has 2 amide bonds. The van der Waals surface area contributed by atoms with E-state index in [2.05, 4.69) is 15.5 Å². The maximum Gasteiger partial charge on any atom is 0.238 e. The molecular formula is C21H24Cl2N4O3. The first kappa shape index (κ1) is 22.4. The minimum atomic E-state index is -0.265. The average Bonchev–Trinajstić information content (AvgIpc) is 2.68. The molecule has 1 saturated heterocycles. The van der Waals surface area contributed by atoms with Gasteiger partial charge in [0.1, 0.15) is 0 Å². The number of nitrogens with one attached hydrogen (secondary N) is 2. The molecule has 0 spiro atoms. The third-order valence-electron chi connectivity index (χ3n) is 4.50. The molecule has 3 rings (SSSR count). The summed E-state index contributed by atoms with van der Waals surface area (Å²) in [5, 5.41) is 6.44. The Morgan fingerprint density at radius 2 is 1.47 bits per heavy atom. The van der Waals surface area contributed by atoms with Crippen LogP contribution in [0.3, 0.4) is 0 Å². The molecule has 1 aliphatic heterocycles. The van der Waals surface area contributed by atoms with E-state index in [4.69, 9.17) is 27.9 Å². The lowest BCUT2D eigenvalue weighted by molar-refractivity contribution is -0.119. The van der Waals surface area contributed by atoms with Gasteiger partial charge < -0.3 is 20.3 Å². The van der Waals surface area contributed by atoms with Crippen LogP contribution in [-0.4, -0.2) is 63.2 Å². The molecular weight excluding hydrogens is 427 g/mol. The van der Waals surface area contributed by atoms with Crippen molar-refractivity contribution in [2.75, 3.05) is 62.0 Å². The topological polar surface area (TPSA) is 73.9 Å². The lowest BCUT2D eigenvalue weighted by Crippen LogP contribution is -2.36. The van der Waals surface area contributed by atoms with E-state index in [-0.39, 0.29) is 24.9 Å². The number of hydrogen-bond donors (Lipinski definition) is 2. The Bertz CT molecular complexity index is 866. The van der Waals surface area contributed by atoms with Crippen LogP contribution in [0, 0.1) is 0 Å². The standard InChI is InChI=1S/C21H24Cl2N4O3/c1-26(14-21(29)25-18-11-15(22)10-16(23)12-18)13-20(28)24-17-2-4-19(5-3-17)27-6-8-30-9-7-27/h2-5,10-12H,6-9,13-14H2,1H3,(H,24,28)(H,25,29). The maximum atomic E-state index is 12.3. The highest BCUT2D eigenvalue weighted by Gasteiger charge is 2.13. The van der Waals surface area contributed by atoms with Gasteiger partial charge in [-0.05, 0) is 49.5 Å². The van der Waals surface area contributed by atoms with Gasteiger partial charge in [-0.2, -0.15) is 0 Å². The third kappa shape index (κ3) is 6.88. The predicted octanol–water partition coefficient (Wildman–Crippen LogP) is 3.34. The fourth-order valence-corrected chi connectivity index (χ4v) is 3.68. The van der Waals surface area contributed by atoms with Crippen LogP contribution in [0.4, 0.5) is 17.1 Å². The van der Waals surface area contributed by atoms with Crippen LogP contribution in [0.1, 0.15) is 0 Å². The van der Waals surface area contributed by atoms with Gasteiger partial charge in [-0.25, -0.2) is 0 Å². The Labute approximate surface area is 185 Å². The van der Waals surface area contributed by atoms with Crippen molar-refractivity contribution in [3.63, 3.8) is 0 Å². The monoisotopic (exact) mass is 450 g/mol. The molecule has 160 valence electrons. The van der Waals surface area contributed by atoms with Crippen molar-refractivity contribution in [1.29, 1.82) is 0 Å². The number of nitrogens with zero attached hydrogens (tertiary/aromatic N) is 2. The summed E-state index contributed by atoms with van der Waals surface area (Å²) >= 11 is 11.9. The average molecular weight is 451 g/mol. The number of halogens is 2. The van der Waals surface area contributed by atoms with E-state index in [1.807, 2.05) is 24.3 Å². The van der Waals surface area contributed by atoms with Gasteiger partial charge in [-0.3, -0.25) is 14.5 Å². The maximum absolute atomic E-state index is 12.3. The predicted molar refractivity (Wildman–Crippen MR) is 121 cm³/mol. The van der Waals surface area contributed by atoms with Gasteiger partial charge in [0.2, 0.25) is 11.8 Å². The smallest absolute Gasteiger partial charge is 0.238 e. The van der Waals surface area contributed by atoms with Gasteiger partial charge in [0.25, 0.3) is 0 Å². The van der Waals surface area contributed by atoms with E-state index >= 15 is 0 Å². The lowest BCUT2D eigenvalue weighted by Gasteiger charge is -2.28. The number of carbonyl (C=O) groups is 2. The molecule has 0 atom stereocenters. The molecule has 9 heteroatoms. The highest BCUT2D eigenvalue weighted by molar-refractivity contribution is 6.35. The molecule has 0 unspecified atom stereocenters. The van der Waals surface area contributed by atoms with E-state index < -0.39 is 0 Å². The van der Waals surface area contributed by atoms with Gasteiger partial charge in [-0.15, -0.1) is 0 Å². The zero-order valence-electron chi connectivity index (χ0n) is 16.7. The van der Waals surface area contributed by atoms with E-state index in [9.17, 15) is 9.59 Å². The Hall–Kier alpha value is -2.32. The Morgan fingerprint density at radius 1 is 0.933 bits per heavy atom. The largest absolute Gasteiger partial charge is 0.378 e. The van der Waals surface area contributed by atoms with Crippen LogP contribution in [0.5, 0.6) is 0 Å². The normalized spacial score (nSPS) is 13.9. The van der Waals surface area contributed by atoms with Crippen LogP contribution < -0.4 is 15.5 Å². The highest BCUT2D eigenvalue weighted by Crippen LogP contribution is 2.22. The van der Waals surface area contributed by atoms with Crippen molar-refractivity contribution in [1.82, 2.24) is 4.90 Å². The first-order valence-corrected chi connectivity index (χ1v) is 10.3. The number of morpholine rings is 1. The first-order valence-electron chi connectivity index (χ1n) is 9.56. The minimum absolute atomic E-state index is 0.0491. The molecule has 0 radical (unpaired) electrons. The van der Waals surface area contributed by atoms with Gasteiger partial charge in [0.05, 0.1) is 26.3 Å². The Balaban J connectivity index is 1.45. The number of anilines is 3. The van der Waals surface area contributed by atoms with Crippen LogP contribution in [0.15, 0.2) is 42.5 Å². The van der Waals surface area contributed by atoms with Gasteiger partial charge >= 0.3 is 0 Å². The van der Waals surface area contributed by atoms with Crippen molar-refractivity contribution < 1.29 is 14.3 Å². The van der Waals surface area contributed by atoms with Crippen LogP contribution >= 0.6 is 23.2 Å². The number of ether oxygens (including phenoxy) is 1. The van der Waals surface area contributed by atoms with Crippen molar-refractivity contribution in [2.24, 2.45) is 0 Å². The quantitative estimate of drug-likeness (QED) is 0.676. The summed E-state index contributed by atoms with van der Waals surface area (Å²) in [4.78, 5) is 28.3. The fourth-order valence-electron chi connectivity index (χ4n) is 3.15. The summed E-state index contributed by atoms with van der Waals surface area (Å²) in [7, 11) is 1.70. The van der Waals surface area contributed by atoms with E-state index in [0.717, 1.165) is 32.0 Å². The van der Waals surface area contributed by atoms with Crippen LogP contribution in [-0.2, 0) is 14.3 Å². The molecule has 2 N–H and O–H groups in total. The summed E-state index contributed by atoms with van der Waals surface area (Å²) in [5.74, 6) is -0.464. The van der Waals surface area contributed by atoms with Crippen molar-refractivity contribution >= 4 is 52.1 Å². The number of likely N-dealkylation sites (N-methyl/N-ethyl adjacent to an activating group) is 1. The molecule has 7 nitrogen and oxygen atoms in total. The summed E-state index contributed by atoms with van der Waals surface area (Å²) in [5.41, 5.74) is 2.32. The van der Waals surface area contributed by atoms with Crippen molar-refractivity contribution in [2.45, 2.75) is 0 Å². The molecule has 0 aromatic heterocycles. The van der Waals surface area contributed by atoms with E-state index in [0.29, 0.717) is 21.4 Å². The number of carbonyl (C=O) groups excluding carboxylic acids is 2. The molecule has 0 saturated carbocycles. The highest BCUT2D eigenvalue weighted by atomic mass is 35.5. The van der Waals surface area contributed by atoms with E-state index in [1.165, 1.54) is 0 Å². The van der Waals surface area contributed by atoms with Gasteiger partial charge in [0.15, 0.2) is 0 Å². The Morgan fingerprint density at radius 3 is 2.03 bits per heavy atom. The minimum Gasteiger partial charge on any atom is -0.378 e. The molecule has 2 aromatic rings. The van der Waals surface area contributed by atoms with Crippen LogP contribution in [0.2, 0.25) is 10.0 Å². The summed E-state index contributed by atoms with van der Waals surface area (Å²) in [6.07, 6.45) is 0. The second-order valence-corrected chi connectivity index (χ2v) is 7.95. The van der Waals surface area contributed by atoms with Gasteiger partial charge in [-0.1, -0.05) is 23.2 Å². The van der Waals surface area contributed by atoms with Crippen molar-refractivity contribution in [3.8, 4) is 0 Å². The van der Waals surface area contributed by atoms with Crippen molar-refractivity contribution in [3.05, 3.63) is 52.5 Å². The zero-order valence-corrected chi connectivity index (χ0v) is 18.2. The van der Waals surface area contributed by atoms with Crippen LogP contribution in [0.25, 0.3) is 0 Å². The lowest BCUT2D eigenvalue weighted by atomic mass is 10.2. The second-order valence-electron chi connectivity index (χ2n) is 7.07. The Kier molecular flexibility index (Phi) is 7.93. The summed E-state index contributed by atoms with van der Waals surface area (Å²) < 4.78 is 5.36. The molecule has 0 aliphatic carbocycles. The van der Waals surface area contributed by atoms with Gasteiger partial charge in [0, 0.05) is 40.2 Å². The zero-order chi connectivity index (χ0) is 21.5. The SMILES string of the molecule is CN(CC(=O)Nc1ccc(N2CCOCC2)cc1)CC(=O)Nc1cc(Cl)cc(Cl)c1. The molecule has 30 heavy (non-hydrogen) atoms. The summed E-state index contributed by atoms with van der Waals surface area (Å²) in [6, 6.07) is 12.5. The fraction of sp³-hybridized carbons (Fsp3) is 0.333.